The quantitative estimate of drug-likeness (QED) is 0.778. The summed E-state index contributed by atoms with van der Waals surface area (Å²) in [6.45, 7) is 1.96. The molecular formula is C15H17NO. The second-order valence-corrected chi connectivity index (χ2v) is 5.01. The van der Waals surface area contributed by atoms with E-state index < -0.39 is 5.41 Å². The lowest BCUT2D eigenvalue weighted by Gasteiger charge is -2.34. The van der Waals surface area contributed by atoms with Gasteiger partial charge in [0.05, 0.1) is 11.5 Å². The van der Waals surface area contributed by atoms with Gasteiger partial charge in [0.15, 0.2) is 0 Å². The number of carbonyl (C=O) groups is 1. The molecule has 0 bridgehead atoms. The molecule has 1 fully saturated rings. The average molecular weight is 227 g/mol. The van der Waals surface area contributed by atoms with Gasteiger partial charge in [-0.2, -0.15) is 5.26 Å². The molecule has 2 rings (SSSR count). The first-order valence-corrected chi connectivity index (χ1v) is 6.15. The summed E-state index contributed by atoms with van der Waals surface area (Å²) in [4.78, 5) is 11.6. The van der Waals surface area contributed by atoms with Gasteiger partial charge in [0.25, 0.3) is 0 Å². The van der Waals surface area contributed by atoms with Gasteiger partial charge in [-0.3, -0.25) is 4.79 Å². The van der Waals surface area contributed by atoms with Crippen molar-refractivity contribution in [2.75, 3.05) is 0 Å². The Bertz CT molecular complexity index is 446. The number of hydrogen-bond donors (Lipinski definition) is 0. The highest BCUT2D eigenvalue weighted by atomic mass is 16.1. The van der Waals surface area contributed by atoms with E-state index in [-0.39, 0.29) is 5.92 Å². The molecule has 2 unspecified atom stereocenters. The highest BCUT2D eigenvalue weighted by Crippen LogP contribution is 2.39. The number of nitrogens with zero attached hydrogens (tertiary/aromatic N) is 1. The highest BCUT2D eigenvalue weighted by molar-refractivity contribution is 5.79. The third-order valence-corrected chi connectivity index (χ3v) is 3.90. The van der Waals surface area contributed by atoms with Gasteiger partial charge < -0.3 is 0 Å². The minimum atomic E-state index is -0.530. The number of hydrogen-bond acceptors (Lipinski definition) is 2. The van der Waals surface area contributed by atoms with Crippen LogP contribution in [0.3, 0.4) is 0 Å². The number of benzene rings is 1. The normalized spacial score (nSPS) is 23.8. The number of ketones is 1. The largest absolute Gasteiger partial charge is 0.300 e. The van der Waals surface area contributed by atoms with Crippen LogP contribution in [0.15, 0.2) is 30.3 Å². The average Bonchev–Trinajstić information content (AvgIpc) is 2.39. The molecule has 1 aliphatic carbocycles. The van der Waals surface area contributed by atoms with E-state index in [9.17, 15) is 10.1 Å². The Morgan fingerprint density at radius 3 is 2.65 bits per heavy atom. The Morgan fingerprint density at radius 2 is 2.06 bits per heavy atom. The van der Waals surface area contributed by atoms with Gasteiger partial charge in [-0.1, -0.05) is 30.3 Å². The highest BCUT2D eigenvalue weighted by Gasteiger charge is 2.38. The van der Waals surface area contributed by atoms with Crippen molar-refractivity contribution in [2.45, 2.75) is 38.0 Å². The number of nitriles is 1. The number of Topliss-reactive ketones (excluding diaryl/α,β-unsaturated/α-hetero) is 1. The van der Waals surface area contributed by atoms with Crippen LogP contribution in [0.1, 0.15) is 38.2 Å². The zero-order valence-corrected chi connectivity index (χ0v) is 10.1. The minimum Gasteiger partial charge on any atom is -0.300 e. The van der Waals surface area contributed by atoms with E-state index in [2.05, 4.69) is 6.07 Å². The molecule has 1 aliphatic rings. The van der Waals surface area contributed by atoms with Gasteiger partial charge in [-0.05, 0) is 31.2 Å². The van der Waals surface area contributed by atoms with Gasteiger partial charge in [-0.15, -0.1) is 0 Å². The Kier molecular flexibility index (Phi) is 3.28. The molecule has 2 nitrogen and oxygen atoms in total. The summed E-state index contributed by atoms with van der Waals surface area (Å²) in [6, 6.07) is 12.3. The van der Waals surface area contributed by atoms with Crippen LogP contribution in [-0.2, 0) is 10.2 Å². The maximum atomic E-state index is 11.6. The molecule has 1 aromatic rings. The lowest BCUT2D eigenvalue weighted by molar-refractivity contribution is -0.122. The van der Waals surface area contributed by atoms with Crippen LogP contribution in [0.4, 0.5) is 0 Å². The van der Waals surface area contributed by atoms with Crippen LogP contribution >= 0.6 is 0 Å². The van der Waals surface area contributed by atoms with Crippen LogP contribution in [0.5, 0.6) is 0 Å². The second-order valence-electron chi connectivity index (χ2n) is 5.01. The van der Waals surface area contributed by atoms with E-state index in [1.165, 1.54) is 0 Å². The summed E-state index contributed by atoms with van der Waals surface area (Å²) >= 11 is 0. The van der Waals surface area contributed by atoms with E-state index in [0.29, 0.717) is 18.6 Å². The van der Waals surface area contributed by atoms with Crippen LogP contribution in [0.2, 0.25) is 0 Å². The number of rotatable bonds is 2. The monoisotopic (exact) mass is 227 g/mol. The van der Waals surface area contributed by atoms with Crippen molar-refractivity contribution in [3.63, 3.8) is 0 Å². The Labute approximate surface area is 102 Å². The molecule has 0 aliphatic heterocycles. The zero-order valence-electron chi connectivity index (χ0n) is 10.1. The molecule has 0 aromatic heterocycles. The molecule has 17 heavy (non-hydrogen) atoms. The minimum absolute atomic E-state index is 0.163. The number of carbonyl (C=O) groups excluding carboxylic acids is 1. The summed E-state index contributed by atoms with van der Waals surface area (Å²) in [7, 11) is 0. The van der Waals surface area contributed by atoms with Crippen molar-refractivity contribution in [2.24, 2.45) is 5.92 Å². The topological polar surface area (TPSA) is 40.9 Å². The van der Waals surface area contributed by atoms with Crippen LogP contribution in [0, 0.1) is 17.2 Å². The third kappa shape index (κ3) is 2.24. The molecule has 0 radical (unpaired) electrons. The molecule has 0 N–H and O–H groups in total. The van der Waals surface area contributed by atoms with Crippen LogP contribution in [0.25, 0.3) is 0 Å². The SMILES string of the molecule is CC(C#N)(c1ccccc1)C1CCCC(=O)C1. The second kappa shape index (κ2) is 4.71. The van der Waals surface area contributed by atoms with Crippen molar-refractivity contribution < 1.29 is 4.79 Å². The van der Waals surface area contributed by atoms with Gasteiger partial charge in [0.1, 0.15) is 5.78 Å². The fourth-order valence-electron chi connectivity index (χ4n) is 2.69. The lowest BCUT2D eigenvalue weighted by Crippen LogP contribution is -2.34. The van der Waals surface area contributed by atoms with Crippen molar-refractivity contribution >= 4 is 5.78 Å². The molecule has 0 saturated heterocycles. The van der Waals surface area contributed by atoms with Gasteiger partial charge in [0, 0.05) is 12.8 Å². The zero-order chi connectivity index (χ0) is 12.3. The Morgan fingerprint density at radius 1 is 1.35 bits per heavy atom. The first kappa shape index (κ1) is 11.9. The summed E-state index contributed by atoms with van der Waals surface area (Å²) < 4.78 is 0. The first-order chi connectivity index (χ1) is 8.16. The van der Waals surface area contributed by atoms with E-state index in [1.54, 1.807) is 0 Å². The van der Waals surface area contributed by atoms with E-state index in [0.717, 1.165) is 18.4 Å². The standard InChI is InChI=1S/C15H17NO/c1-15(11-16,12-6-3-2-4-7-12)13-8-5-9-14(17)10-13/h2-4,6-7,13H,5,8-10H2,1H3. The van der Waals surface area contributed by atoms with Crippen LogP contribution < -0.4 is 0 Å². The molecule has 1 saturated carbocycles. The molecule has 0 heterocycles. The summed E-state index contributed by atoms with van der Waals surface area (Å²) in [5.74, 6) is 0.467. The smallest absolute Gasteiger partial charge is 0.133 e. The van der Waals surface area contributed by atoms with E-state index >= 15 is 0 Å². The van der Waals surface area contributed by atoms with Crippen LogP contribution in [-0.4, -0.2) is 5.78 Å². The van der Waals surface area contributed by atoms with Crippen molar-refractivity contribution in [3.05, 3.63) is 35.9 Å². The maximum Gasteiger partial charge on any atom is 0.133 e. The van der Waals surface area contributed by atoms with Gasteiger partial charge >= 0.3 is 0 Å². The molecule has 0 spiro atoms. The first-order valence-electron chi connectivity index (χ1n) is 6.15. The predicted molar refractivity (Wildman–Crippen MR) is 66.4 cm³/mol. The summed E-state index contributed by atoms with van der Waals surface area (Å²) in [5.41, 5.74) is 0.499. The van der Waals surface area contributed by atoms with Gasteiger partial charge in [-0.25, -0.2) is 0 Å². The lowest BCUT2D eigenvalue weighted by atomic mass is 9.67. The van der Waals surface area contributed by atoms with Crippen molar-refractivity contribution in [1.29, 1.82) is 5.26 Å². The fraction of sp³-hybridized carbons (Fsp3) is 0.467. The molecule has 2 atom stereocenters. The molecule has 88 valence electrons. The molecule has 1 aromatic carbocycles. The van der Waals surface area contributed by atoms with Crippen molar-refractivity contribution in [1.82, 2.24) is 0 Å². The molecule has 0 amide bonds. The van der Waals surface area contributed by atoms with Gasteiger partial charge in [0.2, 0.25) is 0 Å². The predicted octanol–water partition coefficient (Wildman–Crippen LogP) is 3.23. The molecular weight excluding hydrogens is 210 g/mol. The fourth-order valence-corrected chi connectivity index (χ4v) is 2.69. The van der Waals surface area contributed by atoms with E-state index in [4.69, 9.17) is 0 Å². The van der Waals surface area contributed by atoms with E-state index in [1.807, 2.05) is 37.3 Å². The Hall–Kier alpha value is -1.62. The summed E-state index contributed by atoms with van der Waals surface area (Å²) in [6.07, 6.45) is 3.14. The summed E-state index contributed by atoms with van der Waals surface area (Å²) in [5, 5.41) is 9.52. The van der Waals surface area contributed by atoms with Crippen molar-refractivity contribution in [3.8, 4) is 6.07 Å². The maximum absolute atomic E-state index is 11.6. The molecule has 2 heteroatoms. The third-order valence-electron chi connectivity index (χ3n) is 3.90. The Balaban J connectivity index is 2.32.